The van der Waals surface area contributed by atoms with E-state index in [2.05, 4.69) is 23.7 Å². The molecule has 0 aliphatic carbocycles. The second kappa shape index (κ2) is 8.66. The lowest BCUT2D eigenvalue weighted by Crippen LogP contribution is -2.50. The first-order chi connectivity index (χ1) is 13.1. The second-order valence-electron chi connectivity index (χ2n) is 6.55. The molecule has 2 amide bonds. The third kappa shape index (κ3) is 4.27. The van der Waals surface area contributed by atoms with E-state index in [0.29, 0.717) is 37.3 Å². The van der Waals surface area contributed by atoms with E-state index in [0.717, 1.165) is 18.8 Å². The average molecular weight is 366 g/mol. The summed E-state index contributed by atoms with van der Waals surface area (Å²) < 4.78 is 0. The Labute approximate surface area is 160 Å². The van der Waals surface area contributed by atoms with E-state index in [-0.39, 0.29) is 11.8 Å². The monoisotopic (exact) mass is 366 g/mol. The van der Waals surface area contributed by atoms with Crippen molar-refractivity contribution in [3.8, 4) is 0 Å². The average Bonchev–Trinajstić information content (AvgIpc) is 2.75. The molecule has 1 aromatic carbocycles. The van der Waals surface area contributed by atoms with Crippen molar-refractivity contribution in [3.05, 3.63) is 59.9 Å². The molecule has 6 nitrogen and oxygen atoms in total. The lowest BCUT2D eigenvalue weighted by Gasteiger charge is -2.35. The number of hydrogen-bond donors (Lipinski definition) is 0. The number of amides is 2. The van der Waals surface area contributed by atoms with Crippen LogP contribution in [0.25, 0.3) is 0 Å². The minimum Gasteiger partial charge on any atom is -0.372 e. The molecule has 0 atom stereocenters. The molecule has 0 N–H and O–H groups in total. The van der Waals surface area contributed by atoms with E-state index in [9.17, 15) is 9.59 Å². The van der Waals surface area contributed by atoms with Gasteiger partial charge >= 0.3 is 0 Å². The Morgan fingerprint density at radius 1 is 0.889 bits per heavy atom. The highest BCUT2D eigenvalue weighted by Gasteiger charge is 2.25. The molecule has 6 heteroatoms. The standard InChI is InChI=1S/C21H26N4O2/c1-3-23(4-2)19-9-7-17(8-10-19)20(26)24-12-14-25(15-13-24)21(27)18-6-5-11-22-16-18/h5-11,16H,3-4,12-15H2,1-2H3. The highest BCUT2D eigenvalue weighted by atomic mass is 16.2. The van der Waals surface area contributed by atoms with Gasteiger partial charge in [0.05, 0.1) is 5.56 Å². The zero-order chi connectivity index (χ0) is 19.2. The predicted molar refractivity (Wildman–Crippen MR) is 106 cm³/mol. The number of benzene rings is 1. The summed E-state index contributed by atoms with van der Waals surface area (Å²) in [6.07, 6.45) is 3.23. The smallest absolute Gasteiger partial charge is 0.255 e. The van der Waals surface area contributed by atoms with Gasteiger partial charge in [-0.2, -0.15) is 0 Å². The first kappa shape index (κ1) is 18.9. The molecule has 1 saturated heterocycles. The molecule has 0 spiro atoms. The van der Waals surface area contributed by atoms with Crippen LogP contribution in [-0.4, -0.2) is 65.9 Å². The van der Waals surface area contributed by atoms with Crippen molar-refractivity contribution in [2.75, 3.05) is 44.2 Å². The van der Waals surface area contributed by atoms with Gasteiger partial charge in [-0.25, -0.2) is 0 Å². The summed E-state index contributed by atoms with van der Waals surface area (Å²) in [5.41, 5.74) is 2.41. The predicted octanol–water partition coefficient (Wildman–Crippen LogP) is 2.53. The summed E-state index contributed by atoms with van der Waals surface area (Å²) in [4.78, 5) is 35.1. The lowest BCUT2D eigenvalue weighted by atomic mass is 10.1. The summed E-state index contributed by atoms with van der Waals surface area (Å²) in [6, 6.07) is 11.3. The third-order valence-electron chi connectivity index (χ3n) is 5.01. The van der Waals surface area contributed by atoms with E-state index >= 15 is 0 Å². The molecule has 2 aromatic rings. The maximum Gasteiger partial charge on any atom is 0.255 e. The molecule has 0 radical (unpaired) electrons. The Morgan fingerprint density at radius 3 is 1.93 bits per heavy atom. The molecule has 142 valence electrons. The summed E-state index contributed by atoms with van der Waals surface area (Å²) in [5.74, 6) is -0.00616. The minimum absolute atomic E-state index is 0.0228. The van der Waals surface area contributed by atoms with E-state index in [1.165, 1.54) is 0 Å². The summed E-state index contributed by atoms with van der Waals surface area (Å²) in [5, 5.41) is 0. The summed E-state index contributed by atoms with van der Waals surface area (Å²) in [6.45, 7) is 8.29. The first-order valence-electron chi connectivity index (χ1n) is 9.47. The highest BCUT2D eigenvalue weighted by Crippen LogP contribution is 2.17. The van der Waals surface area contributed by atoms with Gasteiger partial charge in [0.25, 0.3) is 11.8 Å². The van der Waals surface area contributed by atoms with Crippen LogP contribution in [0.5, 0.6) is 0 Å². The van der Waals surface area contributed by atoms with Crippen LogP contribution in [0.15, 0.2) is 48.8 Å². The van der Waals surface area contributed by atoms with Crippen LogP contribution in [0, 0.1) is 0 Å². The number of pyridine rings is 1. The molecule has 27 heavy (non-hydrogen) atoms. The minimum atomic E-state index is -0.0289. The van der Waals surface area contributed by atoms with Gasteiger partial charge in [0.15, 0.2) is 0 Å². The van der Waals surface area contributed by atoms with E-state index in [1.54, 1.807) is 29.4 Å². The Bertz CT molecular complexity index is 765. The quantitative estimate of drug-likeness (QED) is 0.816. The fourth-order valence-corrected chi connectivity index (χ4v) is 3.37. The van der Waals surface area contributed by atoms with Gasteiger partial charge in [-0.3, -0.25) is 14.6 Å². The number of piperazine rings is 1. The molecule has 0 bridgehead atoms. The molecule has 0 unspecified atom stereocenters. The largest absolute Gasteiger partial charge is 0.372 e. The van der Waals surface area contributed by atoms with Crippen molar-refractivity contribution >= 4 is 17.5 Å². The molecule has 2 heterocycles. The van der Waals surface area contributed by atoms with Crippen LogP contribution in [0.2, 0.25) is 0 Å². The van der Waals surface area contributed by atoms with Crippen LogP contribution < -0.4 is 4.90 Å². The van der Waals surface area contributed by atoms with Gasteiger partial charge in [0.2, 0.25) is 0 Å². The van der Waals surface area contributed by atoms with Gasteiger partial charge in [-0.05, 0) is 50.2 Å². The summed E-state index contributed by atoms with van der Waals surface area (Å²) in [7, 11) is 0. The molecule has 3 rings (SSSR count). The second-order valence-corrected chi connectivity index (χ2v) is 6.55. The first-order valence-corrected chi connectivity index (χ1v) is 9.47. The fourth-order valence-electron chi connectivity index (χ4n) is 3.37. The van der Waals surface area contributed by atoms with Crippen LogP contribution >= 0.6 is 0 Å². The molecular formula is C21H26N4O2. The summed E-state index contributed by atoms with van der Waals surface area (Å²) >= 11 is 0. The number of rotatable bonds is 5. The number of carbonyl (C=O) groups is 2. The lowest BCUT2D eigenvalue weighted by molar-refractivity contribution is 0.0535. The van der Waals surface area contributed by atoms with E-state index < -0.39 is 0 Å². The Balaban J connectivity index is 1.59. The molecular weight excluding hydrogens is 340 g/mol. The topological polar surface area (TPSA) is 56.8 Å². The number of nitrogens with zero attached hydrogens (tertiary/aromatic N) is 4. The van der Waals surface area contributed by atoms with E-state index in [1.807, 2.05) is 29.2 Å². The van der Waals surface area contributed by atoms with Gasteiger partial charge in [-0.15, -0.1) is 0 Å². The molecule has 1 aromatic heterocycles. The van der Waals surface area contributed by atoms with Crippen molar-refractivity contribution < 1.29 is 9.59 Å². The van der Waals surface area contributed by atoms with Crippen molar-refractivity contribution in [1.82, 2.24) is 14.8 Å². The zero-order valence-electron chi connectivity index (χ0n) is 16.0. The molecule has 1 aliphatic heterocycles. The van der Waals surface area contributed by atoms with Gasteiger partial charge in [0.1, 0.15) is 0 Å². The number of anilines is 1. The third-order valence-corrected chi connectivity index (χ3v) is 5.01. The number of carbonyl (C=O) groups excluding carboxylic acids is 2. The van der Waals surface area contributed by atoms with E-state index in [4.69, 9.17) is 0 Å². The van der Waals surface area contributed by atoms with Crippen LogP contribution in [-0.2, 0) is 0 Å². The van der Waals surface area contributed by atoms with Gasteiger partial charge < -0.3 is 14.7 Å². The Hall–Kier alpha value is -2.89. The van der Waals surface area contributed by atoms with Crippen LogP contribution in [0.1, 0.15) is 34.6 Å². The highest BCUT2D eigenvalue weighted by molar-refractivity contribution is 5.96. The SMILES string of the molecule is CCN(CC)c1ccc(C(=O)N2CCN(C(=O)c3cccnc3)CC2)cc1. The van der Waals surface area contributed by atoms with Crippen LogP contribution in [0.3, 0.4) is 0 Å². The van der Waals surface area contributed by atoms with Crippen molar-refractivity contribution in [1.29, 1.82) is 0 Å². The maximum atomic E-state index is 12.8. The molecule has 1 fully saturated rings. The molecule has 0 saturated carbocycles. The van der Waals surface area contributed by atoms with Crippen molar-refractivity contribution in [2.45, 2.75) is 13.8 Å². The van der Waals surface area contributed by atoms with Gasteiger partial charge in [0, 0.05) is 62.9 Å². The number of hydrogen-bond acceptors (Lipinski definition) is 4. The van der Waals surface area contributed by atoms with Gasteiger partial charge in [-0.1, -0.05) is 0 Å². The van der Waals surface area contributed by atoms with Crippen molar-refractivity contribution in [3.63, 3.8) is 0 Å². The molecule has 1 aliphatic rings. The Kier molecular flexibility index (Phi) is 6.06. The normalized spacial score (nSPS) is 14.1. The van der Waals surface area contributed by atoms with Crippen LogP contribution in [0.4, 0.5) is 5.69 Å². The maximum absolute atomic E-state index is 12.8. The fraction of sp³-hybridized carbons (Fsp3) is 0.381. The Morgan fingerprint density at radius 2 is 1.44 bits per heavy atom. The zero-order valence-corrected chi connectivity index (χ0v) is 16.0. The van der Waals surface area contributed by atoms with Crippen molar-refractivity contribution in [2.24, 2.45) is 0 Å². The number of aromatic nitrogens is 1.